The quantitative estimate of drug-likeness (QED) is 0.798. The molecule has 0 amide bonds. The van der Waals surface area contributed by atoms with Crippen LogP contribution in [0.1, 0.15) is 24.1 Å². The zero-order valence-electron chi connectivity index (χ0n) is 12.5. The average Bonchev–Trinajstić information content (AvgIpc) is 3.09. The van der Waals surface area contributed by atoms with Gasteiger partial charge >= 0.3 is 0 Å². The maximum absolute atomic E-state index is 13.3. The van der Waals surface area contributed by atoms with Crippen LogP contribution in [-0.4, -0.2) is 14.7 Å². The standard InChI is InChI=1S/C18H16F2N2O/c1-13(22-11-10-21-12-22)18(23,14-2-6-16(19)7-3-14)15-4-8-17(20)9-5-15/h2-13,23H,1H3. The maximum atomic E-state index is 13.3. The van der Waals surface area contributed by atoms with E-state index < -0.39 is 11.6 Å². The van der Waals surface area contributed by atoms with Crippen molar-refractivity contribution in [1.82, 2.24) is 9.55 Å². The minimum atomic E-state index is -1.46. The van der Waals surface area contributed by atoms with Crippen molar-refractivity contribution in [1.29, 1.82) is 0 Å². The van der Waals surface area contributed by atoms with E-state index >= 15 is 0 Å². The molecule has 0 aliphatic heterocycles. The Kier molecular flexibility index (Phi) is 3.96. The van der Waals surface area contributed by atoms with Crippen LogP contribution >= 0.6 is 0 Å². The molecule has 1 N–H and O–H groups in total. The van der Waals surface area contributed by atoms with Crippen molar-refractivity contribution in [3.63, 3.8) is 0 Å². The number of aromatic nitrogens is 2. The fraction of sp³-hybridized carbons (Fsp3) is 0.167. The number of benzene rings is 2. The van der Waals surface area contributed by atoms with E-state index in [0.717, 1.165) is 0 Å². The highest BCUT2D eigenvalue weighted by atomic mass is 19.1. The molecule has 3 rings (SSSR count). The van der Waals surface area contributed by atoms with Crippen molar-refractivity contribution in [2.45, 2.75) is 18.6 Å². The molecule has 118 valence electrons. The van der Waals surface area contributed by atoms with Gasteiger partial charge in [-0.15, -0.1) is 0 Å². The summed E-state index contributed by atoms with van der Waals surface area (Å²) in [6.45, 7) is 1.83. The van der Waals surface area contributed by atoms with Gasteiger partial charge in [-0.1, -0.05) is 24.3 Å². The summed E-state index contributed by atoms with van der Waals surface area (Å²) in [6.07, 6.45) is 4.96. The fourth-order valence-electron chi connectivity index (χ4n) is 2.77. The highest BCUT2D eigenvalue weighted by molar-refractivity contribution is 5.37. The van der Waals surface area contributed by atoms with Gasteiger partial charge < -0.3 is 9.67 Å². The summed E-state index contributed by atoms with van der Waals surface area (Å²) in [5.41, 5.74) is -0.416. The molecule has 0 radical (unpaired) electrons. The van der Waals surface area contributed by atoms with Gasteiger partial charge in [0.1, 0.15) is 17.2 Å². The van der Waals surface area contributed by atoms with Gasteiger partial charge in [-0.05, 0) is 42.3 Å². The summed E-state index contributed by atoms with van der Waals surface area (Å²) >= 11 is 0. The smallest absolute Gasteiger partial charge is 0.135 e. The summed E-state index contributed by atoms with van der Waals surface area (Å²) in [5.74, 6) is -0.768. The maximum Gasteiger partial charge on any atom is 0.135 e. The zero-order chi connectivity index (χ0) is 16.4. The van der Waals surface area contributed by atoms with Crippen molar-refractivity contribution in [3.8, 4) is 0 Å². The lowest BCUT2D eigenvalue weighted by atomic mass is 9.80. The van der Waals surface area contributed by atoms with Gasteiger partial charge in [0.15, 0.2) is 0 Å². The Morgan fingerprint density at radius 3 is 1.83 bits per heavy atom. The molecule has 3 aromatic rings. The Bertz CT molecular complexity index is 722. The van der Waals surface area contributed by atoms with Crippen LogP contribution in [0, 0.1) is 11.6 Å². The highest BCUT2D eigenvalue weighted by Crippen LogP contribution is 2.39. The van der Waals surface area contributed by atoms with E-state index in [4.69, 9.17) is 0 Å². The molecule has 2 aromatic carbocycles. The van der Waals surface area contributed by atoms with E-state index in [1.54, 1.807) is 23.3 Å². The zero-order valence-corrected chi connectivity index (χ0v) is 12.5. The lowest BCUT2D eigenvalue weighted by Crippen LogP contribution is -2.36. The first-order valence-electron chi connectivity index (χ1n) is 7.23. The number of rotatable bonds is 4. The van der Waals surface area contributed by atoms with Gasteiger partial charge in [0.05, 0.1) is 12.4 Å². The van der Waals surface area contributed by atoms with E-state index in [1.807, 2.05) is 6.92 Å². The molecule has 5 heteroatoms. The molecule has 0 saturated carbocycles. The van der Waals surface area contributed by atoms with Crippen LogP contribution in [0.3, 0.4) is 0 Å². The molecule has 0 bridgehead atoms. The van der Waals surface area contributed by atoms with Gasteiger partial charge in [0.25, 0.3) is 0 Å². The summed E-state index contributed by atoms with van der Waals surface area (Å²) in [4.78, 5) is 4.00. The van der Waals surface area contributed by atoms with Gasteiger partial charge in [0, 0.05) is 12.4 Å². The van der Waals surface area contributed by atoms with Crippen molar-refractivity contribution >= 4 is 0 Å². The van der Waals surface area contributed by atoms with Gasteiger partial charge in [-0.2, -0.15) is 0 Å². The molecule has 1 heterocycles. The van der Waals surface area contributed by atoms with Crippen LogP contribution in [0.15, 0.2) is 67.3 Å². The highest BCUT2D eigenvalue weighted by Gasteiger charge is 2.38. The van der Waals surface area contributed by atoms with Crippen molar-refractivity contribution in [2.75, 3.05) is 0 Å². The van der Waals surface area contributed by atoms with E-state index in [-0.39, 0.29) is 11.6 Å². The van der Waals surface area contributed by atoms with Crippen LogP contribution in [0.25, 0.3) is 0 Å². The van der Waals surface area contributed by atoms with Crippen LogP contribution in [0.5, 0.6) is 0 Å². The molecule has 3 nitrogen and oxygen atoms in total. The van der Waals surface area contributed by atoms with Crippen LogP contribution < -0.4 is 0 Å². The number of nitrogens with zero attached hydrogens (tertiary/aromatic N) is 2. The topological polar surface area (TPSA) is 38.0 Å². The number of imidazole rings is 1. The number of halogens is 2. The first kappa shape index (κ1) is 15.4. The number of aliphatic hydroxyl groups is 1. The van der Waals surface area contributed by atoms with Crippen LogP contribution in [0.2, 0.25) is 0 Å². The monoisotopic (exact) mass is 314 g/mol. The number of hydrogen-bond donors (Lipinski definition) is 1. The predicted molar refractivity (Wildman–Crippen MR) is 82.7 cm³/mol. The molecule has 0 spiro atoms. The fourth-order valence-corrected chi connectivity index (χ4v) is 2.77. The predicted octanol–water partition coefficient (Wildman–Crippen LogP) is 3.66. The second kappa shape index (κ2) is 5.93. The van der Waals surface area contributed by atoms with Gasteiger partial charge in [-0.25, -0.2) is 13.8 Å². The second-order valence-corrected chi connectivity index (χ2v) is 5.47. The molecule has 1 atom stereocenters. The molecule has 1 unspecified atom stereocenters. The third-order valence-electron chi connectivity index (χ3n) is 4.15. The molecule has 23 heavy (non-hydrogen) atoms. The molecule has 0 fully saturated rings. The molecule has 0 aliphatic carbocycles. The third-order valence-corrected chi connectivity index (χ3v) is 4.15. The summed E-state index contributed by atoms with van der Waals surface area (Å²) in [6, 6.07) is 10.9. The minimum absolute atomic E-state index is 0.384. The largest absolute Gasteiger partial charge is 0.378 e. The summed E-state index contributed by atoms with van der Waals surface area (Å²) < 4.78 is 28.3. The molecule has 0 aliphatic rings. The van der Waals surface area contributed by atoms with E-state index in [2.05, 4.69) is 4.98 Å². The average molecular weight is 314 g/mol. The minimum Gasteiger partial charge on any atom is -0.378 e. The van der Waals surface area contributed by atoms with Crippen LogP contribution in [0.4, 0.5) is 8.78 Å². The SMILES string of the molecule is CC(n1ccnc1)C(O)(c1ccc(F)cc1)c1ccc(F)cc1. The first-order valence-corrected chi connectivity index (χ1v) is 7.23. The Hall–Kier alpha value is -2.53. The molecule has 1 aromatic heterocycles. The Morgan fingerprint density at radius 1 is 0.957 bits per heavy atom. The van der Waals surface area contributed by atoms with Gasteiger partial charge in [-0.3, -0.25) is 0 Å². The number of hydrogen-bond acceptors (Lipinski definition) is 2. The lowest BCUT2D eigenvalue weighted by Gasteiger charge is -2.36. The van der Waals surface area contributed by atoms with Crippen molar-refractivity contribution < 1.29 is 13.9 Å². The first-order chi connectivity index (χ1) is 11.0. The molecular weight excluding hydrogens is 298 g/mol. The van der Waals surface area contributed by atoms with Crippen LogP contribution in [-0.2, 0) is 5.60 Å². The summed E-state index contributed by atoms with van der Waals surface area (Å²) in [5, 5.41) is 11.5. The van der Waals surface area contributed by atoms with Crippen molar-refractivity contribution in [3.05, 3.63) is 90.0 Å². The Morgan fingerprint density at radius 2 is 1.43 bits per heavy atom. The Balaban J connectivity index is 2.16. The molecule has 0 saturated heterocycles. The normalized spacial score (nSPS) is 13.0. The van der Waals surface area contributed by atoms with E-state index in [1.165, 1.54) is 48.5 Å². The second-order valence-electron chi connectivity index (χ2n) is 5.47. The lowest BCUT2D eigenvalue weighted by molar-refractivity contribution is 0.0294. The van der Waals surface area contributed by atoms with E-state index in [9.17, 15) is 13.9 Å². The third kappa shape index (κ3) is 2.75. The van der Waals surface area contributed by atoms with E-state index in [0.29, 0.717) is 11.1 Å². The van der Waals surface area contributed by atoms with Gasteiger partial charge in [0.2, 0.25) is 0 Å². The molecular formula is C18H16F2N2O. The summed E-state index contributed by atoms with van der Waals surface area (Å²) in [7, 11) is 0. The van der Waals surface area contributed by atoms with Crippen molar-refractivity contribution in [2.24, 2.45) is 0 Å². The Labute approximate surface area is 132 Å².